The molecular formula is C20H23ClN4OS. The Labute approximate surface area is 167 Å². The van der Waals surface area contributed by atoms with E-state index < -0.39 is 0 Å². The van der Waals surface area contributed by atoms with Crippen molar-refractivity contribution >= 4 is 39.9 Å². The SMILES string of the molecule is Cc1csc(CN(C)C(=O)C2CCCCC2c2nc3ccc(Cl)cc3[nH]2)n1. The summed E-state index contributed by atoms with van der Waals surface area (Å²) in [5.41, 5.74) is 2.84. The molecule has 2 aromatic heterocycles. The van der Waals surface area contributed by atoms with Crippen molar-refractivity contribution in [2.45, 2.75) is 45.1 Å². The summed E-state index contributed by atoms with van der Waals surface area (Å²) in [6, 6.07) is 5.67. The van der Waals surface area contributed by atoms with Gasteiger partial charge in [0.2, 0.25) is 5.91 Å². The third kappa shape index (κ3) is 3.87. The number of aromatic nitrogens is 3. The maximum absolute atomic E-state index is 13.2. The third-order valence-electron chi connectivity index (χ3n) is 5.31. The average Bonchev–Trinajstić information content (AvgIpc) is 3.26. The van der Waals surface area contributed by atoms with Crippen LogP contribution in [0.15, 0.2) is 23.6 Å². The van der Waals surface area contributed by atoms with E-state index in [-0.39, 0.29) is 17.7 Å². The number of hydrogen-bond donors (Lipinski definition) is 1. The molecule has 0 aliphatic heterocycles. The van der Waals surface area contributed by atoms with Gasteiger partial charge in [-0.05, 0) is 38.0 Å². The van der Waals surface area contributed by atoms with Crippen LogP contribution in [0.2, 0.25) is 5.02 Å². The Morgan fingerprint density at radius 1 is 1.33 bits per heavy atom. The van der Waals surface area contributed by atoms with Gasteiger partial charge in [-0.3, -0.25) is 4.79 Å². The number of aromatic amines is 1. The molecule has 1 saturated carbocycles. The lowest BCUT2D eigenvalue weighted by Gasteiger charge is -2.32. The summed E-state index contributed by atoms with van der Waals surface area (Å²) in [6.07, 6.45) is 4.10. The fourth-order valence-corrected chi connectivity index (χ4v) is 4.97. The zero-order valence-electron chi connectivity index (χ0n) is 15.5. The fourth-order valence-electron chi connectivity index (χ4n) is 3.97. The van der Waals surface area contributed by atoms with Crippen molar-refractivity contribution < 1.29 is 4.79 Å². The Morgan fingerprint density at radius 2 is 2.15 bits per heavy atom. The second-order valence-electron chi connectivity index (χ2n) is 7.36. The number of thiazole rings is 1. The van der Waals surface area contributed by atoms with Gasteiger partial charge in [0, 0.05) is 35.0 Å². The van der Waals surface area contributed by atoms with Crippen molar-refractivity contribution in [3.05, 3.63) is 45.1 Å². The molecule has 2 unspecified atom stereocenters. The number of carbonyl (C=O) groups is 1. The molecule has 0 saturated heterocycles. The topological polar surface area (TPSA) is 61.9 Å². The van der Waals surface area contributed by atoms with Crippen molar-refractivity contribution in [1.29, 1.82) is 0 Å². The summed E-state index contributed by atoms with van der Waals surface area (Å²) in [5, 5.41) is 3.69. The molecule has 1 aromatic carbocycles. The maximum atomic E-state index is 13.2. The molecule has 5 nitrogen and oxygen atoms in total. The first-order valence-electron chi connectivity index (χ1n) is 9.32. The Kier molecular flexibility index (Phi) is 5.19. The Balaban J connectivity index is 1.56. The van der Waals surface area contributed by atoms with E-state index in [1.165, 1.54) is 0 Å². The molecule has 1 aliphatic carbocycles. The molecule has 0 spiro atoms. The Hall–Kier alpha value is -1.92. The lowest BCUT2D eigenvalue weighted by Crippen LogP contribution is -2.37. The number of H-pyrrole nitrogens is 1. The number of fused-ring (bicyclic) bond motifs is 1. The summed E-state index contributed by atoms with van der Waals surface area (Å²) >= 11 is 7.71. The number of imidazole rings is 1. The van der Waals surface area contributed by atoms with E-state index in [0.717, 1.165) is 53.2 Å². The van der Waals surface area contributed by atoms with Gasteiger partial charge >= 0.3 is 0 Å². The van der Waals surface area contributed by atoms with Gasteiger partial charge in [-0.1, -0.05) is 24.4 Å². The molecule has 0 radical (unpaired) electrons. The van der Waals surface area contributed by atoms with Crippen molar-refractivity contribution in [3.63, 3.8) is 0 Å². The van der Waals surface area contributed by atoms with Gasteiger partial charge in [0.05, 0.1) is 17.6 Å². The molecule has 1 fully saturated rings. The summed E-state index contributed by atoms with van der Waals surface area (Å²) in [7, 11) is 1.88. The monoisotopic (exact) mass is 402 g/mol. The van der Waals surface area contributed by atoms with Crippen molar-refractivity contribution in [1.82, 2.24) is 19.9 Å². The van der Waals surface area contributed by atoms with Gasteiger partial charge in [-0.15, -0.1) is 11.3 Å². The molecule has 2 atom stereocenters. The van der Waals surface area contributed by atoms with Gasteiger partial charge < -0.3 is 9.88 Å². The minimum absolute atomic E-state index is 0.0409. The van der Waals surface area contributed by atoms with E-state index in [2.05, 4.69) is 9.97 Å². The van der Waals surface area contributed by atoms with Crippen molar-refractivity contribution in [2.24, 2.45) is 5.92 Å². The Morgan fingerprint density at radius 3 is 2.93 bits per heavy atom. The lowest BCUT2D eigenvalue weighted by atomic mass is 9.78. The van der Waals surface area contributed by atoms with Gasteiger partial charge in [0.1, 0.15) is 10.8 Å². The number of halogens is 1. The first kappa shape index (κ1) is 18.4. The van der Waals surface area contributed by atoms with Crippen LogP contribution in [-0.2, 0) is 11.3 Å². The van der Waals surface area contributed by atoms with Gasteiger partial charge in [0.25, 0.3) is 0 Å². The molecule has 1 aliphatic rings. The van der Waals surface area contributed by atoms with E-state index in [0.29, 0.717) is 11.6 Å². The number of amides is 1. The molecule has 4 rings (SSSR count). The van der Waals surface area contributed by atoms with Gasteiger partial charge in [-0.2, -0.15) is 0 Å². The highest BCUT2D eigenvalue weighted by Crippen LogP contribution is 2.38. The average molecular weight is 403 g/mol. The third-order valence-corrected chi connectivity index (χ3v) is 6.50. The molecular weight excluding hydrogens is 380 g/mol. The highest BCUT2D eigenvalue weighted by atomic mass is 35.5. The quantitative estimate of drug-likeness (QED) is 0.674. The number of benzene rings is 1. The van der Waals surface area contributed by atoms with Crippen LogP contribution in [0, 0.1) is 12.8 Å². The lowest BCUT2D eigenvalue weighted by molar-refractivity contribution is -0.136. The van der Waals surface area contributed by atoms with E-state index in [4.69, 9.17) is 16.6 Å². The molecule has 3 aromatic rings. The van der Waals surface area contributed by atoms with Crippen LogP contribution in [0.5, 0.6) is 0 Å². The molecule has 1 amide bonds. The smallest absolute Gasteiger partial charge is 0.226 e. The normalized spacial score (nSPS) is 20.1. The van der Waals surface area contributed by atoms with Crippen LogP contribution in [0.3, 0.4) is 0 Å². The van der Waals surface area contributed by atoms with Crippen LogP contribution < -0.4 is 0 Å². The van der Waals surface area contributed by atoms with E-state index >= 15 is 0 Å². The van der Waals surface area contributed by atoms with E-state index in [1.54, 1.807) is 11.3 Å². The Bertz CT molecular complexity index is 966. The molecule has 2 heterocycles. The van der Waals surface area contributed by atoms with Crippen molar-refractivity contribution in [2.75, 3.05) is 7.05 Å². The highest BCUT2D eigenvalue weighted by Gasteiger charge is 2.35. The number of carbonyl (C=O) groups excluding carboxylic acids is 1. The summed E-state index contributed by atoms with van der Waals surface area (Å²) < 4.78 is 0. The number of nitrogens with one attached hydrogen (secondary N) is 1. The minimum Gasteiger partial charge on any atom is -0.342 e. The molecule has 142 valence electrons. The summed E-state index contributed by atoms with van der Waals surface area (Å²) in [5.74, 6) is 1.17. The van der Waals surface area contributed by atoms with E-state index in [9.17, 15) is 4.79 Å². The van der Waals surface area contributed by atoms with Crippen molar-refractivity contribution in [3.8, 4) is 0 Å². The van der Waals surface area contributed by atoms with Crippen LogP contribution in [0.25, 0.3) is 11.0 Å². The second kappa shape index (κ2) is 7.60. The first-order valence-corrected chi connectivity index (χ1v) is 10.6. The molecule has 1 N–H and O–H groups in total. The number of aryl methyl sites for hydroxylation is 1. The number of rotatable bonds is 4. The fraction of sp³-hybridized carbons (Fsp3) is 0.450. The predicted octanol–water partition coefficient (Wildman–Crippen LogP) is 4.91. The highest BCUT2D eigenvalue weighted by molar-refractivity contribution is 7.09. The summed E-state index contributed by atoms with van der Waals surface area (Å²) in [6.45, 7) is 2.54. The summed E-state index contributed by atoms with van der Waals surface area (Å²) in [4.78, 5) is 27.7. The van der Waals surface area contributed by atoms with Crippen LogP contribution in [-0.4, -0.2) is 32.8 Å². The molecule has 0 bridgehead atoms. The van der Waals surface area contributed by atoms with Gasteiger partial charge in [0.15, 0.2) is 0 Å². The van der Waals surface area contributed by atoms with Crippen LogP contribution >= 0.6 is 22.9 Å². The molecule has 27 heavy (non-hydrogen) atoms. The zero-order chi connectivity index (χ0) is 19.0. The van der Waals surface area contributed by atoms with Crippen LogP contribution in [0.4, 0.5) is 0 Å². The van der Waals surface area contributed by atoms with E-state index in [1.807, 2.05) is 42.5 Å². The number of hydrogen-bond acceptors (Lipinski definition) is 4. The van der Waals surface area contributed by atoms with Crippen LogP contribution in [0.1, 0.15) is 48.1 Å². The standard InChI is InChI=1S/C20H23ClN4OS/c1-12-11-27-18(22-12)10-25(2)20(26)15-6-4-3-5-14(15)19-23-16-8-7-13(21)9-17(16)24-19/h7-9,11,14-15H,3-6,10H2,1-2H3,(H,23,24). The largest absolute Gasteiger partial charge is 0.342 e. The molecule has 7 heteroatoms. The number of nitrogens with zero attached hydrogens (tertiary/aromatic N) is 3. The maximum Gasteiger partial charge on any atom is 0.226 e. The second-order valence-corrected chi connectivity index (χ2v) is 8.74. The van der Waals surface area contributed by atoms with Gasteiger partial charge in [-0.25, -0.2) is 9.97 Å². The minimum atomic E-state index is -0.0409. The zero-order valence-corrected chi connectivity index (χ0v) is 17.1. The predicted molar refractivity (Wildman–Crippen MR) is 109 cm³/mol. The first-order chi connectivity index (χ1) is 13.0.